The zero-order chi connectivity index (χ0) is 19.0. The number of amides is 1. The van der Waals surface area contributed by atoms with E-state index in [0.717, 1.165) is 39.0 Å². The molecule has 1 aliphatic carbocycles. The Morgan fingerprint density at radius 3 is 2.78 bits per heavy atom. The molecule has 0 unspecified atom stereocenters. The van der Waals surface area contributed by atoms with Crippen LogP contribution in [0.1, 0.15) is 39.8 Å². The molecule has 0 aliphatic heterocycles. The van der Waals surface area contributed by atoms with Gasteiger partial charge in [-0.25, -0.2) is 9.78 Å². The summed E-state index contributed by atoms with van der Waals surface area (Å²) in [6.45, 7) is 1.48. The molecule has 0 radical (unpaired) electrons. The molecule has 0 spiro atoms. The van der Waals surface area contributed by atoms with E-state index in [-0.39, 0.29) is 0 Å². The van der Waals surface area contributed by atoms with E-state index < -0.39 is 18.0 Å². The Labute approximate surface area is 160 Å². The van der Waals surface area contributed by atoms with E-state index in [0.29, 0.717) is 12.0 Å². The van der Waals surface area contributed by atoms with E-state index in [4.69, 9.17) is 15.5 Å². The number of nitrogens with two attached hydrogens (primary N) is 1. The van der Waals surface area contributed by atoms with Crippen LogP contribution in [0.2, 0.25) is 0 Å². The van der Waals surface area contributed by atoms with Gasteiger partial charge in [0.25, 0.3) is 5.91 Å². The van der Waals surface area contributed by atoms with E-state index in [9.17, 15) is 9.59 Å². The number of carbonyl (C=O) groups excluding carboxylic acids is 2. The number of esters is 1. The summed E-state index contributed by atoms with van der Waals surface area (Å²) >= 11 is 1.66. The van der Waals surface area contributed by atoms with Crippen LogP contribution in [0, 0.1) is 0 Å². The highest BCUT2D eigenvalue weighted by Gasteiger charge is 2.29. The van der Waals surface area contributed by atoms with Gasteiger partial charge in [0.1, 0.15) is 0 Å². The van der Waals surface area contributed by atoms with Crippen LogP contribution in [0.25, 0.3) is 22.6 Å². The molecule has 2 heterocycles. The van der Waals surface area contributed by atoms with Gasteiger partial charge in [0.05, 0.1) is 16.8 Å². The molecule has 2 N–H and O–H groups in total. The fraction of sp³-hybridized carbons (Fsp3) is 0.190. The second-order valence-electron chi connectivity index (χ2n) is 6.47. The van der Waals surface area contributed by atoms with Gasteiger partial charge in [-0.15, -0.1) is 11.3 Å². The van der Waals surface area contributed by atoms with Gasteiger partial charge >= 0.3 is 5.97 Å². The SMILES string of the molecule is C[C@@H](OC(=O)c1c2c(nc3ccccc13)/C(=C/c1cccs1)CC2)C(N)=O. The number of pyridine rings is 1. The Morgan fingerprint density at radius 2 is 2.04 bits per heavy atom. The number of benzene rings is 1. The van der Waals surface area contributed by atoms with Crippen molar-refractivity contribution in [2.45, 2.75) is 25.9 Å². The molecule has 1 aliphatic rings. The lowest BCUT2D eigenvalue weighted by atomic mass is 10.0. The highest BCUT2D eigenvalue weighted by molar-refractivity contribution is 7.10. The summed E-state index contributed by atoms with van der Waals surface area (Å²) < 4.78 is 5.31. The molecule has 0 saturated heterocycles. The first-order valence-electron chi connectivity index (χ1n) is 8.71. The molecule has 0 saturated carbocycles. The van der Waals surface area contributed by atoms with Crippen LogP contribution in [-0.4, -0.2) is 23.0 Å². The predicted octanol–water partition coefficient (Wildman–Crippen LogP) is 3.81. The van der Waals surface area contributed by atoms with Gasteiger partial charge in [0, 0.05) is 10.3 Å². The molecule has 4 rings (SSSR count). The monoisotopic (exact) mass is 378 g/mol. The van der Waals surface area contributed by atoms with Crippen LogP contribution in [-0.2, 0) is 16.0 Å². The number of thiophene rings is 1. The minimum atomic E-state index is -0.984. The van der Waals surface area contributed by atoms with E-state index in [2.05, 4.69) is 12.1 Å². The number of hydrogen-bond donors (Lipinski definition) is 1. The first-order valence-corrected chi connectivity index (χ1v) is 9.59. The summed E-state index contributed by atoms with van der Waals surface area (Å²) in [6, 6.07) is 11.6. The van der Waals surface area contributed by atoms with Crippen LogP contribution in [0.4, 0.5) is 0 Å². The minimum Gasteiger partial charge on any atom is -0.449 e. The second kappa shape index (κ2) is 6.96. The van der Waals surface area contributed by atoms with Crippen LogP contribution in [0.5, 0.6) is 0 Å². The molecule has 6 heteroatoms. The number of carbonyl (C=O) groups is 2. The van der Waals surface area contributed by atoms with E-state index >= 15 is 0 Å². The van der Waals surface area contributed by atoms with Crippen molar-refractivity contribution >= 4 is 45.8 Å². The Bertz CT molecular complexity index is 1070. The fourth-order valence-electron chi connectivity index (χ4n) is 3.33. The smallest absolute Gasteiger partial charge is 0.339 e. The van der Waals surface area contributed by atoms with Gasteiger partial charge in [0.15, 0.2) is 6.10 Å². The van der Waals surface area contributed by atoms with Crippen molar-refractivity contribution in [2.24, 2.45) is 5.73 Å². The third-order valence-corrected chi connectivity index (χ3v) is 5.51. The maximum Gasteiger partial charge on any atom is 0.339 e. The number of hydrogen-bond acceptors (Lipinski definition) is 5. The van der Waals surface area contributed by atoms with Crippen molar-refractivity contribution in [1.82, 2.24) is 4.98 Å². The van der Waals surface area contributed by atoms with Crippen molar-refractivity contribution < 1.29 is 14.3 Å². The van der Waals surface area contributed by atoms with Gasteiger partial charge in [-0.2, -0.15) is 0 Å². The van der Waals surface area contributed by atoms with Gasteiger partial charge in [-0.3, -0.25) is 4.79 Å². The summed E-state index contributed by atoms with van der Waals surface area (Å²) in [5.41, 5.74) is 9.28. The normalized spacial score (nSPS) is 15.7. The standard InChI is InChI=1S/C21H18N2O3S/c1-12(20(22)24)26-21(25)18-15-6-2-3-7-17(15)23-19-13(8-9-16(18)19)11-14-5-4-10-27-14/h2-7,10-12H,8-9H2,1H3,(H2,22,24)/b13-11+/t12-/m1/s1. The molecule has 0 bridgehead atoms. The molecule has 136 valence electrons. The number of nitrogens with zero attached hydrogens (tertiary/aromatic N) is 1. The third kappa shape index (κ3) is 3.24. The molecule has 2 aromatic heterocycles. The van der Waals surface area contributed by atoms with Crippen molar-refractivity contribution in [3.63, 3.8) is 0 Å². The largest absolute Gasteiger partial charge is 0.449 e. The molecule has 1 atom stereocenters. The molecule has 3 aromatic rings. The third-order valence-electron chi connectivity index (χ3n) is 4.69. The Balaban J connectivity index is 1.86. The summed E-state index contributed by atoms with van der Waals surface area (Å²) in [5, 5.41) is 2.76. The summed E-state index contributed by atoms with van der Waals surface area (Å²) in [5.74, 6) is -1.20. The van der Waals surface area contributed by atoms with Crippen molar-refractivity contribution in [2.75, 3.05) is 0 Å². The number of para-hydroxylation sites is 1. The zero-order valence-electron chi connectivity index (χ0n) is 14.8. The summed E-state index contributed by atoms with van der Waals surface area (Å²) in [4.78, 5) is 30.2. The first-order chi connectivity index (χ1) is 13.0. The van der Waals surface area contributed by atoms with Crippen molar-refractivity contribution in [1.29, 1.82) is 0 Å². The average Bonchev–Trinajstić information content (AvgIpc) is 3.30. The Hall–Kier alpha value is -2.99. The number of fused-ring (bicyclic) bond motifs is 2. The minimum absolute atomic E-state index is 0.485. The van der Waals surface area contributed by atoms with Gasteiger partial charge in [-0.1, -0.05) is 24.3 Å². The van der Waals surface area contributed by atoms with E-state index in [1.54, 1.807) is 11.3 Å². The van der Waals surface area contributed by atoms with Crippen LogP contribution >= 0.6 is 11.3 Å². The zero-order valence-corrected chi connectivity index (χ0v) is 15.6. The summed E-state index contributed by atoms with van der Waals surface area (Å²) in [7, 11) is 0. The lowest BCUT2D eigenvalue weighted by molar-refractivity contribution is -0.125. The molecule has 0 fully saturated rings. The van der Waals surface area contributed by atoms with E-state index in [1.807, 2.05) is 35.7 Å². The van der Waals surface area contributed by atoms with Crippen LogP contribution in [0.3, 0.4) is 0 Å². The highest BCUT2D eigenvalue weighted by Crippen LogP contribution is 2.38. The number of ether oxygens (including phenoxy) is 1. The number of rotatable bonds is 4. The lowest BCUT2D eigenvalue weighted by Crippen LogP contribution is -2.30. The number of primary amides is 1. The number of aromatic nitrogens is 1. The topological polar surface area (TPSA) is 82.3 Å². The maximum absolute atomic E-state index is 12.9. The number of allylic oxidation sites excluding steroid dienone is 1. The summed E-state index contributed by atoms with van der Waals surface area (Å²) in [6.07, 6.45) is 2.66. The molecule has 27 heavy (non-hydrogen) atoms. The van der Waals surface area contributed by atoms with Crippen molar-refractivity contribution in [3.05, 3.63) is 63.5 Å². The molecule has 1 aromatic carbocycles. The van der Waals surface area contributed by atoms with E-state index in [1.165, 1.54) is 6.92 Å². The van der Waals surface area contributed by atoms with Gasteiger partial charge < -0.3 is 10.5 Å². The maximum atomic E-state index is 12.9. The average molecular weight is 378 g/mol. The molecule has 1 amide bonds. The Morgan fingerprint density at radius 1 is 1.22 bits per heavy atom. The van der Waals surface area contributed by atoms with Crippen molar-refractivity contribution in [3.8, 4) is 0 Å². The van der Waals surface area contributed by atoms with Gasteiger partial charge in [-0.05, 0) is 54.5 Å². The molecular formula is C21H18N2O3S. The highest BCUT2D eigenvalue weighted by atomic mass is 32.1. The Kier molecular flexibility index (Phi) is 4.49. The predicted molar refractivity (Wildman–Crippen MR) is 106 cm³/mol. The fourth-order valence-corrected chi connectivity index (χ4v) is 4.02. The van der Waals surface area contributed by atoms with Crippen LogP contribution < -0.4 is 5.73 Å². The first kappa shape index (κ1) is 17.4. The van der Waals surface area contributed by atoms with Crippen LogP contribution in [0.15, 0.2) is 41.8 Å². The molecular weight excluding hydrogens is 360 g/mol. The second-order valence-corrected chi connectivity index (χ2v) is 7.45. The van der Waals surface area contributed by atoms with Gasteiger partial charge in [0.2, 0.25) is 0 Å². The quantitative estimate of drug-likeness (QED) is 0.700. The molecule has 5 nitrogen and oxygen atoms in total. The lowest BCUT2D eigenvalue weighted by Gasteiger charge is -2.14.